The summed E-state index contributed by atoms with van der Waals surface area (Å²) in [5, 5.41) is 2.98. The second kappa shape index (κ2) is 8.77. The van der Waals surface area contributed by atoms with Gasteiger partial charge in [0.05, 0.1) is 10.9 Å². The van der Waals surface area contributed by atoms with E-state index in [1.807, 2.05) is 42.5 Å². The summed E-state index contributed by atoms with van der Waals surface area (Å²) in [5.41, 5.74) is 2.00. The van der Waals surface area contributed by atoms with Crippen LogP contribution in [0.2, 0.25) is 5.02 Å². The molecule has 0 unspecified atom stereocenters. The maximum absolute atomic E-state index is 12.9. The van der Waals surface area contributed by atoms with Gasteiger partial charge in [0.1, 0.15) is 17.6 Å². The van der Waals surface area contributed by atoms with Gasteiger partial charge in [0.15, 0.2) is 0 Å². The van der Waals surface area contributed by atoms with Gasteiger partial charge in [-0.3, -0.25) is 4.79 Å². The van der Waals surface area contributed by atoms with Gasteiger partial charge in [0.2, 0.25) is 5.43 Å². The van der Waals surface area contributed by atoms with Gasteiger partial charge in [-0.05, 0) is 40.6 Å². The summed E-state index contributed by atoms with van der Waals surface area (Å²) in [7, 11) is 0. The number of carbonyl (C=O) groups is 1. The molecule has 5 aromatic rings. The van der Waals surface area contributed by atoms with E-state index in [-0.39, 0.29) is 11.2 Å². The van der Waals surface area contributed by atoms with Gasteiger partial charge in [0.25, 0.3) is 0 Å². The molecule has 0 aliphatic rings. The van der Waals surface area contributed by atoms with Crippen LogP contribution < -0.4 is 10.2 Å². The summed E-state index contributed by atoms with van der Waals surface area (Å²) in [6.07, 6.45) is 4.47. The molecule has 160 valence electrons. The van der Waals surface area contributed by atoms with Gasteiger partial charge >= 0.3 is 5.97 Å². The lowest BCUT2D eigenvalue weighted by Gasteiger charge is -2.06. The molecule has 0 saturated heterocycles. The molecule has 0 saturated carbocycles. The zero-order chi connectivity index (χ0) is 22.8. The number of carbonyl (C=O) groups excluding carboxylic acids is 1. The van der Waals surface area contributed by atoms with Crippen LogP contribution in [0.25, 0.3) is 38.9 Å². The first-order valence-corrected chi connectivity index (χ1v) is 10.7. The highest BCUT2D eigenvalue weighted by Crippen LogP contribution is 2.28. The predicted molar refractivity (Wildman–Crippen MR) is 132 cm³/mol. The molecule has 0 N–H and O–H groups in total. The first kappa shape index (κ1) is 20.7. The van der Waals surface area contributed by atoms with Crippen molar-refractivity contribution >= 4 is 45.4 Å². The Balaban J connectivity index is 1.40. The van der Waals surface area contributed by atoms with Gasteiger partial charge in [-0.25, -0.2) is 4.79 Å². The fourth-order valence-electron chi connectivity index (χ4n) is 3.74. The lowest BCUT2D eigenvalue weighted by Crippen LogP contribution is -2.06. The monoisotopic (exact) mass is 452 g/mol. The molecule has 0 atom stereocenters. The van der Waals surface area contributed by atoms with Crippen molar-refractivity contribution in [3.05, 3.63) is 118 Å². The Morgan fingerprint density at radius 2 is 1.64 bits per heavy atom. The Kier molecular flexibility index (Phi) is 5.51. The number of hydrogen-bond donors (Lipinski definition) is 0. The Morgan fingerprint density at radius 1 is 0.848 bits per heavy atom. The van der Waals surface area contributed by atoms with Crippen LogP contribution in [-0.4, -0.2) is 5.97 Å². The van der Waals surface area contributed by atoms with E-state index in [2.05, 4.69) is 0 Å². The predicted octanol–water partition coefficient (Wildman–Crippen LogP) is 6.89. The van der Waals surface area contributed by atoms with Crippen molar-refractivity contribution in [1.82, 2.24) is 0 Å². The molecule has 4 aromatic carbocycles. The van der Waals surface area contributed by atoms with Gasteiger partial charge in [0, 0.05) is 22.7 Å². The van der Waals surface area contributed by atoms with Crippen molar-refractivity contribution in [1.29, 1.82) is 0 Å². The maximum atomic E-state index is 12.9. The normalized spacial score (nSPS) is 11.3. The molecular formula is C28H17ClO4. The first-order valence-electron chi connectivity index (χ1n) is 10.3. The van der Waals surface area contributed by atoms with E-state index < -0.39 is 5.97 Å². The quantitative estimate of drug-likeness (QED) is 0.169. The number of rotatable bonds is 4. The Labute approximate surface area is 194 Å². The lowest BCUT2D eigenvalue weighted by molar-refractivity contribution is -0.128. The molecule has 33 heavy (non-hydrogen) atoms. The second-order valence-corrected chi connectivity index (χ2v) is 7.85. The molecule has 0 amide bonds. The number of benzene rings is 4. The zero-order valence-electron chi connectivity index (χ0n) is 17.3. The Hall–Kier alpha value is -4.15. The largest absolute Gasteiger partial charge is 0.463 e. The summed E-state index contributed by atoms with van der Waals surface area (Å²) in [5.74, 6) is -0.249. The molecule has 5 heteroatoms. The van der Waals surface area contributed by atoms with E-state index in [0.717, 1.165) is 16.3 Å². The number of ether oxygens (including phenoxy) is 1. The summed E-state index contributed by atoms with van der Waals surface area (Å²) in [6.45, 7) is 0. The van der Waals surface area contributed by atoms with Gasteiger partial charge in [-0.2, -0.15) is 0 Å². The standard InChI is InChI=1S/C28H17ClO4/c29-25-11-4-3-10-22(25)24-17-32-26-16-20(13-14-23(26)28(24)31)33-27(30)15-12-19-8-5-7-18-6-1-2-9-21(18)19/h1-17H/b15-12+. The molecule has 0 aliphatic carbocycles. The van der Waals surface area contributed by atoms with Crippen molar-refractivity contribution in [2.24, 2.45) is 0 Å². The highest BCUT2D eigenvalue weighted by Gasteiger charge is 2.13. The summed E-state index contributed by atoms with van der Waals surface area (Å²) in [6, 6.07) is 25.6. The van der Waals surface area contributed by atoms with Crippen molar-refractivity contribution in [3.63, 3.8) is 0 Å². The van der Waals surface area contributed by atoms with Crippen LogP contribution in [0.1, 0.15) is 5.56 Å². The van der Waals surface area contributed by atoms with Crippen LogP contribution in [0.5, 0.6) is 5.75 Å². The van der Waals surface area contributed by atoms with E-state index in [4.69, 9.17) is 20.8 Å². The lowest BCUT2D eigenvalue weighted by atomic mass is 10.0. The fourth-order valence-corrected chi connectivity index (χ4v) is 3.98. The Morgan fingerprint density at radius 3 is 2.52 bits per heavy atom. The third kappa shape index (κ3) is 4.16. The highest BCUT2D eigenvalue weighted by molar-refractivity contribution is 6.33. The van der Waals surface area contributed by atoms with Crippen LogP contribution in [0, 0.1) is 0 Å². The van der Waals surface area contributed by atoms with Crippen molar-refractivity contribution in [2.75, 3.05) is 0 Å². The van der Waals surface area contributed by atoms with E-state index in [0.29, 0.717) is 27.1 Å². The molecule has 4 nitrogen and oxygen atoms in total. The van der Waals surface area contributed by atoms with Crippen LogP contribution in [-0.2, 0) is 4.79 Å². The molecule has 0 fully saturated rings. The van der Waals surface area contributed by atoms with E-state index >= 15 is 0 Å². The van der Waals surface area contributed by atoms with Gasteiger partial charge in [-0.1, -0.05) is 72.3 Å². The van der Waals surface area contributed by atoms with Gasteiger partial charge in [-0.15, -0.1) is 0 Å². The molecule has 0 aliphatic heterocycles. The van der Waals surface area contributed by atoms with Crippen LogP contribution >= 0.6 is 11.6 Å². The molecule has 0 bridgehead atoms. The van der Waals surface area contributed by atoms with Crippen LogP contribution in [0.15, 0.2) is 106 Å². The smallest absolute Gasteiger partial charge is 0.336 e. The van der Waals surface area contributed by atoms with E-state index in [9.17, 15) is 9.59 Å². The first-order chi connectivity index (χ1) is 16.1. The minimum absolute atomic E-state index is 0.210. The third-order valence-corrected chi connectivity index (χ3v) is 5.68. The van der Waals surface area contributed by atoms with Crippen molar-refractivity contribution in [2.45, 2.75) is 0 Å². The topological polar surface area (TPSA) is 56.5 Å². The molecule has 5 rings (SSSR count). The highest BCUT2D eigenvalue weighted by atomic mass is 35.5. The number of esters is 1. The summed E-state index contributed by atoms with van der Waals surface area (Å²) in [4.78, 5) is 25.3. The number of fused-ring (bicyclic) bond motifs is 2. The summed E-state index contributed by atoms with van der Waals surface area (Å²) >= 11 is 6.23. The van der Waals surface area contributed by atoms with E-state index in [1.54, 1.807) is 42.5 Å². The average Bonchev–Trinajstić information content (AvgIpc) is 2.83. The fraction of sp³-hybridized carbons (Fsp3) is 0. The minimum Gasteiger partial charge on any atom is -0.463 e. The number of halogens is 1. The van der Waals surface area contributed by atoms with Crippen LogP contribution in [0.4, 0.5) is 0 Å². The molecule has 1 heterocycles. The van der Waals surface area contributed by atoms with Gasteiger partial charge < -0.3 is 9.15 Å². The molecule has 1 aromatic heterocycles. The SMILES string of the molecule is O=C(/C=C/c1cccc2ccccc12)Oc1ccc2c(=O)c(-c3ccccc3Cl)coc2c1. The van der Waals surface area contributed by atoms with Crippen molar-refractivity contribution < 1.29 is 13.9 Å². The van der Waals surface area contributed by atoms with E-state index in [1.165, 1.54) is 18.4 Å². The molecule has 0 radical (unpaired) electrons. The second-order valence-electron chi connectivity index (χ2n) is 7.44. The van der Waals surface area contributed by atoms with Crippen molar-refractivity contribution in [3.8, 4) is 16.9 Å². The van der Waals surface area contributed by atoms with Crippen LogP contribution in [0.3, 0.4) is 0 Å². The zero-order valence-corrected chi connectivity index (χ0v) is 18.1. The average molecular weight is 453 g/mol. The summed E-state index contributed by atoms with van der Waals surface area (Å²) < 4.78 is 11.1. The number of hydrogen-bond acceptors (Lipinski definition) is 4. The third-order valence-electron chi connectivity index (χ3n) is 5.35. The molecular weight excluding hydrogens is 436 g/mol. The maximum Gasteiger partial charge on any atom is 0.336 e. The molecule has 0 spiro atoms. The minimum atomic E-state index is -0.530. The Bertz CT molecular complexity index is 1590.